The van der Waals surface area contributed by atoms with Gasteiger partial charge in [-0.15, -0.1) is 21.5 Å². The van der Waals surface area contributed by atoms with Crippen molar-refractivity contribution in [2.45, 2.75) is 52.4 Å². The van der Waals surface area contributed by atoms with Crippen LogP contribution in [0.25, 0.3) is 10.2 Å². The molecule has 0 bridgehead atoms. The van der Waals surface area contributed by atoms with Gasteiger partial charge < -0.3 is 19.1 Å². The summed E-state index contributed by atoms with van der Waals surface area (Å²) < 4.78 is 46.9. The molecule has 2 aliphatic heterocycles. The van der Waals surface area contributed by atoms with Crippen LogP contribution in [0.2, 0.25) is 0 Å². The molecule has 5 rings (SSSR count). The summed E-state index contributed by atoms with van der Waals surface area (Å²) in [5.74, 6) is 0.164. The maximum absolute atomic E-state index is 13.3. The summed E-state index contributed by atoms with van der Waals surface area (Å²) in [6.07, 6.45) is -1.79. The number of amides is 1. The molecule has 188 valence electrons. The number of aromatic nitrogens is 5. The van der Waals surface area contributed by atoms with Gasteiger partial charge in [-0.1, -0.05) is 13.3 Å². The first-order valence-electron chi connectivity index (χ1n) is 11.7. The monoisotopic (exact) mass is 509 g/mol. The number of nitrogens with zero attached hydrogens (tertiary/aromatic N) is 7. The molecule has 0 saturated carbocycles. The lowest BCUT2D eigenvalue weighted by atomic mass is 10.1. The van der Waals surface area contributed by atoms with E-state index in [9.17, 15) is 18.0 Å². The summed E-state index contributed by atoms with van der Waals surface area (Å²) in [5, 5.41) is 8.03. The molecule has 9 nitrogen and oxygen atoms in total. The van der Waals surface area contributed by atoms with E-state index in [1.807, 2.05) is 4.90 Å². The topological polar surface area (TPSA) is 89.3 Å². The summed E-state index contributed by atoms with van der Waals surface area (Å²) in [4.78, 5) is 26.6. The molecule has 0 unspecified atom stereocenters. The van der Waals surface area contributed by atoms with Crippen molar-refractivity contribution < 1.29 is 22.7 Å². The number of anilines is 1. The Bertz CT molecular complexity index is 1240. The number of carbonyl (C=O) groups excluding carboxylic acids is 1. The van der Waals surface area contributed by atoms with E-state index >= 15 is 0 Å². The van der Waals surface area contributed by atoms with Gasteiger partial charge in [0.2, 0.25) is 11.7 Å². The second-order valence-corrected chi connectivity index (χ2v) is 10.1. The van der Waals surface area contributed by atoms with Crippen molar-refractivity contribution >= 4 is 33.3 Å². The third-order valence-electron chi connectivity index (χ3n) is 6.39. The van der Waals surface area contributed by atoms with Gasteiger partial charge in [0.25, 0.3) is 0 Å². The average molecular weight is 510 g/mol. The predicted octanol–water partition coefficient (Wildman–Crippen LogP) is 3.52. The maximum Gasteiger partial charge on any atom is 0.451 e. The molecule has 0 N–H and O–H groups in total. The Hall–Kier alpha value is -2.96. The smallest absolute Gasteiger partial charge is 0.451 e. The van der Waals surface area contributed by atoms with Crippen molar-refractivity contribution in [3.05, 3.63) is 22.6 Å². The number of ether oxygens (including phenoxy) is 1. The Kier molecular flexibility index (Phi) is 6.28. The standard InChI is InChI=1S/C22H26F3N7O2S/c1-3-4-15-9-16-18(31-7-8-32-17(11-31)28-29-20(32)22(23,24)25)26-21(27-19(16)35-15)34-12-14-5-6-30(10-14)13(2)33/h9,14H,3-8,10-12H2,1-2H3/t14-/m0/s1. The highest BCUT2D eigenvalue weighted by molar-refractivity contribution is 7.18. The molecule has 0 aromatic carbocycles. The van der Waals surface area contributed by atoms with Gasteiger partial charge in [-0.25, -0.2) is 0 Å². The number of alkyl halides is 3. The summed E-state index contributed by atoms with van der Waals surface area (Å²) in [7, 11) is 0. The Morgan fingerprint density at radius 3 is 2.77 bits per heavy atom. The first-order valence-corrected chi connectivity index (χ1v) is 12.5. The molecule has 1 fully saturated rings. The van der Waals surface area contributed by atoms with Gasteiger partial charge in [-0.2, -0.15) is 23.1 Å². The number of rotatable bonds is 6. The second-order valence-electron chi connectivity index (χ2n) is 8.95. The number of likely N-dealkylation sites (tertiary alicyclic amines) is 1. The molecule has 5 heterocycles. The zero-order valence-electron chi connectivity index (χ0n) is 19.5. The van der Waals surface area contributed by atoms with E-state index < -0.39 is 12.0 Å². The van der Waals surface area contributed by atoms with Gasteiger partial charge in [0, 0.05) is 43.9 Å². The lowest BCUT2D eigenvalue weighted by Crippen LogP contribution is -2.36. The predicted molar refractivity (Wildman–Crippen MR) is 123 cm³/mol. The molecule has 1 atom stereocenters. The zero-order chi connectivity index (χ0) is 24.7. The van der Waals surface area contributed by atoms with Crippen LogP contribution in [0.3, 0.4) is 0 Å². The van der Waals surface area contributed by atoms with Crippen LogP contribution in [-0.2, 0) is 30.5 Å². The molecule has 3 aromatic heterocycles. The number of hydrogen-bond donors (Lipinski definition) is 0. The van der Waals surface area contributed by atoms with Gasteiger partial charge in [0.1, 0.15) is 10.6 Å². The highest BCUT2D eigenvalue weighted by atomic mass is 32.1. The molecule has 0 spiro atoms. The summed E-state index contributed by atoms with van der Waals surface area (Å²) in [6.45, 7) is 6.01. The minimum atomic E-state index is -4.54. The normalized spacial score (nSPS) is 18.4. The van der Waals surface area contributed by atoms with Crippen molar-refractivity contribution in [1.82, 2.24) is 29.6 Å². The number of thiophene rings is 1. The molecule has 1 amide bonds. The SMILES string of the molecule is CCCc1cc2c(N3CCn4c(nnc4C(F)(F)F)C3)nc(OC[C@H]3CCN(C(C)=O)C3)nc2s1. The molecule has 2 aliphatic rings. The molecule has 13 heteroatoms. The molecular weight excluding hydrogens is 483 g/mol. The van der Waals surface area contributed by atoms with Crippen molar-refractivity contribution in [2.75, 3.05) is 31.1 Å². The lowest BCUT2D eigenvalue weighted by Gasteiger charge is -2.29. The van der Waals surface area contributed by atoms with Crippen LogP contribution in [0, 0.1) is 5.92 Å². The van der Waals surface area contributed by atoms with Crippen LogP contribution in [0.1, 0.15) is 43.2 Å². The van der Waals surface area contributed by atoms with E-state index in [4.69, 9.17) is 4.74 Å². The van der Waals surface area contributed by atoms with E-state index in [-0.39, 0.29) is 36.7 Å². The Labute approximate surface area is 203 Å². The van der Waals surface area contributed by atoms with Crippen molar-refractivity contribution in [3.63, 3.8) is 0 Å². The van der Waals surface area contributed by atoms with Gasteiger partial charge in [-0.3, -0.25) is 4.79 Å². The van der Waals surface area contributed by atoms with Crippen LogP contribution in [0.15, 0.2) is 6.07 Å². The van der Waals surface area contributed by atoms with Gasteiger partial charge in [0.05, 0.1) is 18.5 Å². The van der Waals surface area contributed by atoms with Crippen molar-refractivity contribution in [2.24, 2.45) is 5.92 Å². The summed E-state index contributed by atoms with van der Waals surface area (Å²) >= 11 is 1.58. The Morgan fingerprint density at radius 1 is 1.23 bits per heavy atom. The van der Waals surface area contributed by atoms with Crippen molar-refractivity contribution in [3.8, 4) is 6.01 Å². The van der Waals surface area contributed by atoms with Crippen molar-refractivity contribution in [1.29, 1.82) is 0 Å². The minimum absolute atomic E-state index is 0.0566. The third-order valence-corrected chi connectivity index (χ3v) is 7.47. The fourth-order valence-corrected chi connectivity index (χ4v) is 5.72. The lowest BCUT2D eigenvalue weighted by molar-refractivity contribution is -0.147. The zero-order valence-corrected chi connectivity index (χ0v) is 20.3. The number of hydrogen-bond acceptors (Lipinski definition) is 8. The Balaban J connectivity index is 1.41. The Morgan fingerprint density at radius 2 is 2.06 bits per heavy atom. The van der Waals surface area contributed by atoms with Crippen LogP contribution < -0.4 is 9.64 Å². The molecule has 0 aliphatic carbocycles. The largest absolute Gasteiger partial charge is 0.463 e. The number of halogens is 3. The highest BCUT2D eigenvalue weighted by Crippen LogP contribution is 2.36. The first-order chi connectivity index (χ1) is 16.7. The molecular formula is C22H26F3N7O2S. The number of carbonyl (C=O) groups is 1. The van der Waals surface area contributed by atoms with Crippen LogP contribution in [0.5, 0.6) is 6.01 Å². The number of fused-ring (bicyclic) bond motifs is 2. The minimum Gasteiger partial charge on any atom is -0.463 e. The fraction of sp³-hybridized carbons (Fsp3) is 0.591. The van der Waals surface area contributed by atoms with Crippen LogP contribution in [0.4, 0.5) is 19.0 Å². The van der Waals surface area contributed by atoms with Gasteiger partial charge in [-0.05, 0) is 18.9 Å². The van der Waals surface area contributed by atoms with E-state index in [0.29, 0.717) is 32.1 Å². The van der Waals surface area contributed by atoms with Crippen LogP contribution >= 0.6 is 11.3 Å². The maximum atomic E-state index is 13.3. The van der Waals surface area contributed by atoms with Gasteiger partial charge >= 0.3 is 12.2 Å². The summed E-state index contributed by atoms with van der Waals surface area (Å²) in [6, 6.07) is 2.30. The summed E-state index contributed by atoms with van der Waals surface area (Å²) in [5.41, 5.74) is 0. The molecule has 3 aromatic rings. The second kappa shape index (κ2) is 9.25. The van der Waals surface area contributed by atoms with E-state index in [0.717, 1.165) is 34.0 Å². The van der Waals surface area contributed by atoms with E-state index in [1.165, 1.54) is 4.88 Å². The number of aryl methyl sites for hydroxylation is 1. The van der Waals surface area contributed by atoms with Gasteiger partial charge in [0.15, 0.2) is 5.82 Å². The quantitative estimate of drug-likeness (QED) is 0.502. The molecule has 1 saturated heterocycles. The molecule has 35 heavy (non-hydrogen) atoms. The highest BCUT2D eigenvalue weighted by Gasteiger charge is 2.40. The fourth-order valence-electron chi connectivity index (χ4n) is 4.61. The average Bonchev–Trinajstić information content (AvgIpc) is 3.54. The van der Waals surface area contributed by atoms with E-state index in [1.54, 1.807) is 23.2 Å². The third kappa shape index (κ3) is 4.78. The molecule has 0 radical (unpaired) electrons. The first kappa shape index (κ1) is 23.8. The van der Waals surface area contributed by atoms with E-state index in [2.05, 4.69) is 33.2 Å². The van der Waals surface area contributed by atoms with Crippen LogP contribution in [-0.4, -0.2) is 61.8 Å².